The molecule has 0 radical (unpaired) electrons. The van der Waals surface area contributed by atoms with Crippen molar-refractivity contribution >= 4 is 16.7 Å². The zero-order valence-corrected chi connectivity index (χ0v) is 18.3. The van der Waals surface area contributed by atoms with Crippen molar-refractivity contribution < 1.29 is 14.6 Å². The van der Waals surface area contributed by atoms with Crippen molar-refractivity contribution in [3.8, 4) is 11.4 Å². The largest absolute Gasteiger partial charge is 0.491 e. The maximum atomic E-state index is 12.4. The minimum atomic E-state index is -0.654. The fraction of sp³-hybridized carbons (Fsp3) is 0.269. The second-order valence-electron chi connectivity index (χ2n) is 7.63. The Morgan fingerprint density at radius 2 is 1.84 bits per heavy atom. The number of aliphatic hydroxyl groups excluding tert-OH is 1. The van der Waals surface area contributed by atoms with Gasteiger partial charge in [-0.2, -0.15) is 0 Å². The van der Waals surface area contributed by atoms with Gasteiger partial charge in [0.1, 0.15) is 18.5 Å². The summed E-state index contributed by atoms with van der Waals surface area (Å²) in [5, 5.41) is 11.2. The summed E-state index contributed by atoms with van der Waals surface area (Å²) in [4.78, 5) is 14.5. The Morgan fingerprint density at radius 3 is 2.45 bits per heavy atom. The standard InChI is InChI=1S/C26H30N2O3/c1-5-14-27(15-6-2)17-22(30)18-31-23-12-13-25-24(16-23)26(20(4)29)19(3)28(25)21-10-8-7-9-11-21/h5-13,16,22,30H,1-2,14-15,17-18H2,3-4H3. The van der Waals surface area contributed by atoms with Gasteiger partial charge in [0.25, 0.3) is 0 Å². The normalized spacial score (nSPS) is 12.1. The number of Topliss-reactive ketones (excluding diaryl/α,β-unsaturated/α-hetero) is 1. The number of carbonyl (C=O) groups is 1. The van der Waals surface area contributed by atoms with Crippen LogP contribution in [0.25, 0.3) is 16.6 Å². The molecule has 0 aliphatic carbocycles. The van der Waals surface area contributed by atoms with Crippen molar-refractivity contribution in [2.45, 2.75) is 20.0 Å². The van der Waals surface area contributed by atoms with Gasteiger partial charge in [-0.15, -0.1) is 13.2 Å². The van der Waals surface area contributed by atoms with Gasteiger partial charge < -0.3 is 14.4 Å². The highest BCUT2D eigenvalue weighted by molar-refractivity contribution is 6.09. The van der Waals surface area contributed by atoms with E-state index < -0.39 is 6.10 Å². The third kappa shape index (κ3) is 5.13. The molecule has 0 saturated heterocycles. The van der Waals surface area contributed by atoms with Crippen LogP contribution in [0, 0.1) is 6.92 Å². The first kappa shape index (κ1) is 22.5. The van der Waals surface area contributed by atoms with Crippen LogP contribution in [0.3, 0.4) is 0 Å². The minimum absolute atomic E-state index is 0.0128. The molecule has 162 valence electrons. The van der Waals surface area contributed by atoms with Gasteiger partial charge in [-0.05, 0) is 44.2 Å². The molecule has 0 spiro atoms. The predicted molar refractivity (Wildman–Crippen MR) is 126 cm³/mol. The average molecular weight is 419 g/mol. The van der Waals surface area contributed by atoms with E-state index in [9.17, 15) is 9.90 Å². The van der Waals surface area contributed by atoms with Gasteiger partial charge in [0.2, 0.25) is 0 Å². The quantitative estimate of drug-likeness (QED) is 0.367. The van der Waals surface area contributed by atoms with Gasteiger partial charge in [-0.1, -0.05) is 30.4 Å². The van der Waals surface area contributed by atoms with E-state index in [1.165, 1.54) is 0 Å². The summed E-state index contributed by atoms with van der Waals surface area (Å²) in [7, 11) is 0. The lowest BCUT2D eigenvalue weighted by Crippen LogP contribution is -2.35. The first-order chi connectivity index (χ1) is 15.0. The summed E-state index contributed by atoms with van der Waals surface area (Å²) in [6, 6.07) is 15.7. The Balaban J connectivity index is 1.85. The smallest absolute Gasteiger partial charge is 0.162 e. The van der Waals surface area contributed by atoms with Crippen LogP contribution in [-0.2, 0) is 0 Å². The molecule has 0 aliphatic heterocycles. The molecule has 1 aromatic heterocycles. The van der Waals surface area contributed by atoms with Crippen LogP contribution >= 0.6 is 0 Å². The number of aliphatic hydroxyl groups is 1. The molecule has 3 aromatic rings. The third-order valence-corrected chi connectivity index (χ3v) is 5.23. The number of nitrogens with zero attached hydrogens (tertiary/aromatic N) is 2. The van der Waals surface area contributed by atoms with Gasteiger partial charge in [-0.25, -0.2) is 0 Å². The molecular weight excluding hydrogens is 388 g/mol. The molecule has 0 fully saturated rings. The van der Waals surface area contributed by atoms with E-state index in [2.05, 4.69) is 17.7 Å². The molecule has 5 nitrogen and oxygen atoms in total. The Bertz CT molecular complexity index is 1060. The Hall–Kier alpha value is -3.15. The van der Waals surface area contributed by atoms with Gasteiger partial charge >= 0.3 is 0 Å². The van der Waals surface area contributed by atoms with Gasteiger partial charge in [-0.3, -0.25) is 9.69 Å². The number of aromatic nitrogens is 1. The second kappa shape index (κ2) is 10.2. The van der Waals surface area contributed by atoms with Crippen LogP contribution in [0.2, 0.25) is 0 Å². The highest BCUT2D eigenvalue weighted by Crippen LogP contribution is 2.32. The first-order valence-electron chi connectivity index (χ1n) is 10.4. The number of ether oxygens (including phenoxy) is 1. The average Bonchev–Trinajstić information content (AvgIpc) is 3.04. The number of hydrogen-bond donors (Lipinski definition) is 1. The van der Waals surface area contributed by atoms with Crippen LogP contribution < -0.4 is 4.74 Å². The topological polar surface area (TPSA) is 54.7 Å². The van der Waals surface area contributed by atoms with Gasteiger partial charge in [0.05, 0.1) is 5.52 Å². The monoisotopic (exact) mass is 418 g/mol. The fourth-order valence-electron chi connectivity index (χ4n) is 3.97. The molecule has 31 heavy (non-hydrogen) atoms. The highest BCUT2D eigenvalue weighted by Gasteiger charge is 2.19. The molecule has 2 aromatic carbocycles. The summed E-state index contributed by atoms with van der Waals surface area (Å²) >= 11 is 0. The van der Waals surface area contributed by atoms with E-state index in [1.54, 1.807) is 19.1 Å². The van der Waals surface area contributed by atoms with Crippen molar-refractivity contribution in [2.24, 2.45) is 0 Å². The molecule has 0 bridgehead atoms. The highest BCUT2D eigenvalue weighted by atomic mass is 16.5. The van der Waals surface area contributed by atoms with E-state index in [1.807, 2.05) is 60.4 Å². The molecule has 5 heteroatoms. The van der Waals surface area contributed by atoms with Crippen LogP contribution in [0.5, 0.6) is 5.75 Å². The van der Waals surface area contributed by atoms with Crippen molar-refractivity contribution in [1.82, 2.24) is 9.47 Å². The molecule has 1 unspecified atom stereocenters. The number of hydrogen-bond acceptors (Lipinski definition) is 4. The molecule has 1 heterocycles. The zero-order chi connectivity index (χ0) is 22.4. The first-order valence-corrected chi connectivity index (χ1v) is 10.4. The van der Waals surface area contributed by atoms with Crippen molar-refractivity contribution in [2.75, 3.05) is 26.2 Å². The number of fused-ring (bicyclic) bond motifs is 1. The van der Waals surface area contributed by atoms with E-state index in [-0.39, 0.29) is 12.4 Å². The lowest BCUT2D eigenvalue weighted by atomic mass is 10.1. The minimum Gasteiger partial charge on any atom is -0.491 e. The van der Waals surface area contributed by atoms with Crippen molar-refractivity contribution in [3.63, 3.8) is 0 Å². The van der Waals surface area contributed by atoms with Gasteiger partial charge in [0, 0.05) is 42.0 Å². The molecule has 0 amide bonds. The maximum absolute atomic E-state index is 12.4. The molecular formula is C26H30N2O3. The summed E-state index contributed by atoms with van der Waals surface area (Å²) in [6.45, 7) is 13.0. The van der Waals surface area contributed by atoms with E-state index in [0.29, 0.717) is 30.9 Å². The van der Waals surface area contributed by atoms with Crippen LogP contribution in [0.15, 0.2) is 73.8 Å². The Labute approximate surface area is 183 Å². The molecule has 1 N–H and O–H groups in total. The van der Waals surface area contributed by atoms with Crippen LogP contribution in [0.1, 0.15) is 23.0 Å². The van der Waals surface area contributed by atoms with E-state index in [4.69, 9.17) is 4.74 Å². The lowest BCUT2D eigenvalue weighted by Gasteiger charge is -2.22. The number of benzene rings is 2. The molecule has 0 aliphatic rings. The van der Waals surface area contributed by atoms with E-state index >= 15 is 0 Å². The summed E-state index contributed by atoms with van der Waals surface area (Å²) in [6.07, 6.45) is 2.95. The second-order valence-corrected chi connectivity index (χ2v) is 7.63. The Kier molecular flexibility index (Phi) is 7.45. The SMILES string of the molecule is C=CCN(CC=C)CC(O)COc1ccc2c(c1)c(C(C)=O)c(C)n2-c1ccccc1. The molecule has 3 rings (SSSR count). The number of para-hydroxylation sites is 1. The van der Waals surface area contributed by atoms with Crippen molar-refractivity contribution in [1.29, 1.82) is 0 Å². The van der Waals surface area contributed by atoms with Crippen molar-refractivity contribution in [3.05, 3.63) is 85.1 Å². The summed E-state index contributed by atoms with van der Waals surface area (Å²) in [5.41, 5.74) is 3.54. The summed E-state index contributed by atoms with van der Waals surface area (Å²) < 4.78 is 7.96. The van der Waals surface area contributed by atoms with Crippen LogP contribution in [0.4, 0.5) is 0 Å². The van der Waals surface area contributed by atoms with Crippen LogP contribution in [-0.4, -0.2) is 52.7 Å². The molecule has 0 saturated carbocycles. The number of rotatable bonds is 11. The summed E-state index contributed by atoms with van der Waals surface area (Å²) in [5.74, 6) is 0.636. The number of ketones is 1. The zero-order valence-electron chi connectivity index (χ0n) is 18.3. The third-order valence-electron chi connectivity index (χ3n) is 5.23. The lowest BCUT2D eigenvalue weighted by molar-refractivity contribution is 0.0755. The number of carbonyl (C=O) groups excluding carboxylic acids is 1. The van der Waals surface area contributed by atoms with Gasteiger partial charge in [0.15, 0.2) is 5.78 Å². The maximum Gasteiger partial charge on any atom is 0.162 e. The molecule has 1 atom stereocenters. The van der Waals surface area contributed by atoms with E-state index in [0.717, 1.165) is 22.3 Å². The fourth-order valence-corrected chi connectivity index (χ4v) is 3.97. The predicted octanol–water partition coefficient (Wildman–Crippen LogP) is 4.56. The Morgan fingerprint density at radius 1 is 1.16 bits per heavy atom.